The number of rotatable bonds is 6. The first kappa shape index (κ1) is 30.1. The van der Waals surface area contributed by atoms with E-state index >= 15 is 0 Å². The van der Waals surface area contributed by atoms with Crippen LogP contribution in [0.15, 0.2) is 77.3 Å². The number of amides is 2. The minimum absolute atomic E-state index is 0.129. The lowest BCUT2D eigenvalue weighted by atomic mass is 9.81. The Balaban J connectivity index is 1.27. The van der Waals surface area contributed by atoms with Crippen molar-refractivity contribution in [3.63, 3.8) is 0 Å². The maximum atomic E-state index is 13.3. The first-order valence-corrected chi connectivity index (χ1v) is 16.4. The monoisotopic (exact) mass is 786 g/mol. The molecular weight excluding hydrogens is 768 g/mol. The largest absolute Gasteiger partial charge is 0.454 e. The summed E-state index contributed by atoms with van der Waals surface area (Å²) in [5, 5.41) is 1.06. The van der Waals surface area contributed by atoms with Crippen LogP contribution in [0.5, 0.6) is 0 Å². The molecule has 4 aromatic rings. The number of fused-ring (bicyclic) bond motifs is 2. The van der Waals surface area contributed by atoms with E-state index in [1.807, 2.05) is 6.07 Å². The van der Waals surface area contributed by atoms with Crippen LogP contribution in [0, 0.1) is 11.8 Å². The highest BCUT2D eigenvalue weighted by molar-refractivity contribution is 9.12. The number of pyridine rings is 1. The van der Waals surface area contributed by atoms with Gasteiger partial charge in [-0.2, -0.15) is 0 Å². The van der Waals surface area contributed by atoms with Gasteiger partial charge in [0.05, 0.1) is 34.3 Å². The van der Waals surface area contributed by atoms with E-state index in [4.69, 9.17) is 21.3 Å². The third kappa shape index (κ3) is 5.94. The molecule has 6 rings (SSSR count). The van der Waals surface area contributed by atoms with E-state index in [-0.39, 0.29) is 44.7 Å². The molecule has 43 heavy (non-hydrogen) atoms. The van der Waals surface area contributed by atoms with Gasteiger partial charge in [-0.1, -0.05) is 71.5 Å². The van der Waals surface area contributed by atoms with Crippen molar-refractivity contribution < 1.29 is 23.9 Å². The van der Waals surface area contributed by atoms with Gasteiger partial charge in [-0.05, 0) is 73.5 Å². The molecule has 4 atom stereocenters. The second kappa shape index (κ2) is 12.2. The number of anilines is 1. The molecule has 218 valence electrons. The predicted molar refractivity (Wildman–Crippen MR) is 175 cm³/mol. The molecule has 0 bridgehead atoms. The van der Waals surface area contributed by atoms with Crippen LogP contribution in [-0.2, 0) is 14.3 Å². The number of hydrogen-bond donors (Lipinski definition) is 0. The highest BCUT2D eigenvalue weighted by Crippen LogP contribution is 2.44. The summed E-state index contributed by atoms with van der Waals surface area (Å²) >= 11 is 16.6. The van der Waals surface area contributed by atoms with E-state index in [9.17, 15) is 19.2 Å². The van der Waals surface area contributed by atoms with Crippen LogP contribution < -0.4 is 4.90 Å². The van der Waals surface area contributed by atoms with Crippen molar-refractivity contribution in [3.05, 3.63) is 93.4 Å². The summed E-state index contributed by atoms with van der Waals surface area (Å²) in [4.78, 5) is 58.7. The van der Waals surface area contributed by atoms with Gasteiger partial charge in [0, 0.05) is 35.7 Å². The second-order valence-electron chi connectivity index (χ2n) is 10.5. The Morgan fingerprint density at radius 2 is 1.51 bits per heavy atom. The normalized spacial score (nSPS) is 21.6. The first-order chi connectivity index (χ1) is 20.6. The zero-order chi connectivity index (χ0) is 30.4. The number of imide groups is 1. The SMILES string of the molecule is O=C(COC(=O)c1cc(-c2ccc(N3C(=O)C4CC(Br)C(Br)CC4C3=O)cc2)nc2ccc(Br)cc12)c1ccc(Cl)cc1. The number of Topliss-reactive ketones (excluding diaryl/α,β-unsaturated/α-hetero) is 1. The van der Waals surface area contributed by atoms with E-state index in [2.05, 4.69) is 47.8 Å². The number of alkyl halides is 2. The Hall–Kier alpha value is -2.92. The van der Waals surface area contributed by atoms with E-state index in [0.717, 1.165) is 4.47 Å². The van der Waals surface area contributed by atoms with Crippen molar-refractivity contribution in [2.75, 3.05) is 11.5 Å². The van der Waals surface area contributed by atoms with E-state index < -0.39 is 12.6 Å². The fourth-order valence-corrected chi connectivity index (χ4v) is 7.30. The number of ether oxygens (including phenoxy) is 1. The summed E-state index contributed by atoms with van der Waals surface area (Å²) < 4.78 is 6.19. The van der Waals surface area contributed by atoms with Crippen LogP contribution in [0.2, 0.25) is 5.02 Å². The van der Waals surface area contributed by atoms with Crippen LogP contribution in [-0.4, -0.2) is 44.8 Å². The van der Waals surface area contributed by atoms with Crippen molar-refractivity contribution in [2.24, 2.45) is 11.8 Å². The molecule has 2 fully saturated rings. The minimum Gasteiger partial charge on any atom is -0.454 e. The summed E-state index contributed by atoms with van der Waals surface area (Å²) in [5.74, 6) is -2.07. The maximum Gasteiger partial charge on any atom is 0.339 e. The number of hydrogen-bond acceptors (Lipinski definition) is 6. The molecule has 2 amide bonds. The van der Waals surface area contributed by atoms with E-state index in [0.29, 0.717) is 51.3 Å². The molecule has 1 aliphatic carbocycles. The molecule has 1 saturated heterocycles. The first-order valence-electron chi connectivity index (χ1n) is 13.4. The van der Waals surface area contributed by atoms with Gasteiger partial charge in [-0.3, -0.25) is 19.3 Å². The van der Waals surface area contributed by atoms with Gasteiger partial charge >= 0.3 is 5.97 Å². The number of nitrogens with zero attached hydrogens (tertiary/aromatic N) is 2. The van der Waals surface area contributed by atoms with Crippen LogP contribution in [0.3, 0.4) is 0 Å². The molecule has 1 aliphatic heterocycles. The Bertz CT molecular complexity index is 1750. The molecule has 2 heterocycles. The van der Waals surface area contributed by atoms with Crippen molar-refractivity contribution in [1.82, 2.24) is 4.98 Å². The van der Waals surface area contributed by atoms with Crippen molar-refractivity contribution in [2.45, 2.75) is 22.5 Å². The van der Waals surface area contributed by atoms with Crippen molar-refractivity contribution in [3.8, 4) is 11.3 Å². The smallest absolute Gasteiger partial charge is 0.339 e. The number of benzene rings is 3. The summed E-state index contributed by atoms with van der Waals surface area (Å²) in [5.41, 5.74) is 2.86. The Morgan fingerprint density at radius 3 is 2.14 bits per heavy atom. The van der Waals surface area contributed by atoms with E-state index in [1.165, 1.54) is 4.90 Å². The zero-order valence-electron chi connectivity index (χ0n) is 22.3. The molecule has 1 saturated carbocycles. The van der Waals surface area contributed by atoms with Gasteiger partial charge in [0.15, 0.2) is 12.4 Å². The maximum absolute atomic E-state index is 13.3. The molecule has 7 nitrogen and oxygen atoms in total. The number of carbonyl (C=O) groups is 4. The van der Waals surface area contributed by atoms with Gasteiger partial charge in [0.2, 0.25) is 11.8 Å². The average Bonchev–Trinajstić information content (AvgIpc) is 3.24. The van der Waals surface area contributed by atoms with Gasteiger partial charge in [0.1, 0.15) is 0 Å². The minimum atomic E-state index is -0.670. The summed E-state index contributed by atoms with van der Waals surface area (Å²) in [7, 11) is 0. The van der Waals surface area contributed by atoms with E-state index in [1.54, 1.807) is 66.7 Å². The quantitative estimate of drug-likeness (QED) is 0.0858. The number of aromatic nitrogens is 1. The summed E-state index contributed by atoms with van der Waals surface area (Å²) in [6, 6.07) is 20.3. The highest BCUT2D eigenvalue weighted by Gasteiger charge is 2.52. The van der Waals surface area contributed by atoms with Gasteiger partial charge in [-0.25, -0.2) is 9.78 Å². The third-order valence-corrected chi connectivity index (χ3v) is 11.3. The van der Waals surface area contributed by atoms with Crippen LogP contribution in [0.4, 0.5) is 5.69 Å². The number of esters is 1. The molecule has 1 aromatic heterocycles. The Kier molecular flexibility index (Phi) is 8.56. The molecule has 11 heteroatoms. The lowest BCUT2D eigenvalue weighted by molar-refractivity contribution is -0.122. The molecule has 0 spiro atoms. The Morgan fingerprint density at radius 1 is 0.884 bits per heavy atom. The van der Waals surface area contributed by atoms with Gasteiger partial charge in [0.25, 0.3) is 0 Å². The van der Waals surface area contributed by atoms with Gasteiger partial charge in [-0.15, -0.1) is 0 Å². The highest BCUT2D eigenvalue weighted by atomic mass is 79.9. The second-order valence-corrected chi connectivity index (χ2v) is 14.2. The molecule has 0 radical (unpaired) electrons. The Labute approximate surface area is 277 Å². The molecule has 2 aliphatic rings. The number of halogens is 4. The lowest BCUT2D eigenvalue weighted by Crippen LogP contribution is -2.34. The summed E-state index contributed by atoms with van der Waals surface area (Å²) in [6.07, 6.45) is 1.20. The lowest BCUT2D eigenvalue weighted by Gasteiger charge is -2.29. The molecule has 0 N–H and O–H groups in total. The van der Waals surface area contributed by atoms with Crippen molar-refractivity contribution >= 4 is 99.5 Å². The van der Waals surface area contributed by atoms with Crippen LogP contribution in [0.25, 0.3) is 22.2 Å². The fourth-order valence-electron chi connectivity index (χ4n) is 5.57. The summed E-state index contributed by atoms with van der Waals surface area (Å²) in [6.45, 7) is -0.437. The molecule has 3 aromatic carbocycles. The number of carbonyl (C=O) groups excluding carboxylic acids is 4. The zero-order valence-corrected chi connectivity index (χ0v) is 27.8. The fraction of sp³-hybridized carbons (Fsp3) is 0.219. The van der Waals surface area contributed by atoms with Crippen LogP contribution >= 0.6 is 59.4 Å². The molecule has 4 unspecified atom stereocenters. The topological polar surface area (TPSA) is 93.6 Å². The average molecular weight is 790 g/mol. The third-order valence-electron chi connectivity index (χ3n) is 7.82. The molecular formula is C32H22Br3ClN2O5. The van der Waals surface area contributed by atoms with Crippen LogP contribution in [0.1, 0.15) is 33.6 Å². The predicted octanol–water partition coefficient (Wildman–Crippen LogP) is 7.78. The number of ketones is 1. The standard InChI is InChI=1S/C32H22Br3ClN2O5/c33-18-5-10-27-21(11-18)24(32(42)43-15-29(39)17-1-6-19(36)7-2-17)14-28(37-27)16-3-8-20(9-4-16)38-30(40)22-12-25(34)26(35)13-23(22)31(38)41/h1-11,14,22-23,25-26H,12-13,15H2. The van der Waals surface area contributed by atoms with Crippen molar-refractivity contribution in [1.29, 1.82) is 0 Å². The van der Waals surface area contributed by atoms with Gasteiger partial charge < -0.3 is 4.74 Å².